The Kier molecular flexibility index (Phi) is 27.0. The zero-order valence-electron chi connectivity index (χ0n) is 58.2. The van der Waals surface area contributed by atoms with Gasteiger partial charge >= 0.3 is 43.3 Å². The van der Waals surface area contributed by atoms with Crippen molar-refractivity contribution in [1.29, 1.82) is 0 Å². The van der Waals surface area contributed by atoms with Gasteiger partial charge in [-0.2, -0.15) is 0 Å². The molecule has 0 saturated heterocycles. The number of unbranched alkanes of at least 4 members (excludes halogenated alkanes) is 2. The van der Waals surface area contributed by atoms with E-state index >= 15 is 0 Å². The number of ether oxygens (including phenoxy) is 3. The van der Waals surface area contributed by atoms with Crippen LogP contribution in [0.4, 0.5) is 39.5 Å². The Balaban J connectivity index is 0.000000175. The van der Waals surface area contributed by atoms with E-state index in [-0.39, 0.29) is 95.5 Å². The molecule has 0 spiro atoms. The van der Waals surface area contributed by atoms with Crippen molar-refractivity contribution in [2.45, 2.75) is 104 Å². The lowest BCUT2D eigenvalue weighted by Gasteiger charge is -2.13. The number of fused-ring (bicyclic) bond motifs is 3. The van der Waals surface area contributed by atoms with Gasteiger partial charge in [0.1, 0.15) is 28.9 Å². The molecule has 0 amide bonds. The highest BCUT2D eigenvalue weighted by Crippen LogP contribution is 2.33. The molecule has 0 aliphatic heterocycles. The first-order valence-electron chi connectivity index (χ1n) is 33.0. The molecule has 24 nitrogen and oxygen atoms in total. The van der Waals surface area contributed by atoms with Gasteiger partial charge in [0.15, 0.2) is 38.2 Å². The Morgan fingerprint density at radius 2 is 0.743 bits per heavy atom. The van der Waals surface area contributed by atoms with E-state index in [1.54, 1.807) is 87.5 Å². The molecule has 12 rings (SSSR count). The molecule has 0 unspecified atom stereocenters. The highest BCUT2D eigenvalue weighted by molar-refractivity contribution is 9.10. The number of aryl methyl sites for hydroxylation is 3. The van der Waals surface area contributed by atoms with Crippen molar-refractivity contribution in [3.63, 3.8) is 0 Å². The fourth-order valence-electron chi connectivity index (χ4n) is 11.3. The molecule has 0 radical (unpaired) electrons. The second-order valence-electron chi connectivity index (χ2n) is 24.2. The fraction of sp³-hybridized carbons (Fsp3) is 0.282. The topological polar surface area (TPSA) is 274 Å². The normalized spacial score (nSPS) is 11.6. The number of hydrogen-bond donors (Lipinski definition) is 3. The minimum Gasteiger partial charge on any atom is -0.423 e. The van der Waals surface area contributed by atoms with Gasteiger partial charge in [0.25, 0.3) is 16.7 Å². The number of aliphatic hydroxyl groups excluding tert-OH is 1. The SMILES string of the molecule is CCCCn1c(=O)c2c(nc(-c3cccc(OC(F)(F)F)c3)n2Cc2ccc(Cl)cc2)n(C)c1=O.CCCCn1c(=O)c2c(nc(Br)n2Cc2ccc(Cl)cc2)n(C)c1=O.Cn1c(=O)n(CCCO)c(=O)c2c1nc(-c1cccc(OC(F)(F)F)c1)n2Cc1ccc(Cl)cc1.OB(O)c1cccc(OC(F)(F)F)c1. The third-order valence-electron chi connectivity index (χ3n) is 16.5. The third kappa shape index (κ3) is 20.6. The van der Waals surface area contributed by atoms with Crippen LogP contribution >= 0.6 is 50.7 Å². The van der Waals surface area contributed by atoms with E-state index in [2.05, 4.69) is 45.1 Å². The van der Waals surface area contributed by atoms with Gasteiger partial charge in [-0.15, -0.1) is 39.5 Å². The molecule has 12 aromatic rings. The monoisotopic (exact) mass is 1640 g/mol. The maximum absolute atomic E-state index is 13.5. The van der Waals surface area contributed by atoms with E-state index in [9.17, 15) is 73.4 Å². The minimum atomic E-state index is -4.88. The Labute approximate surface area is 635 Å². The van der Waals surface area contributed by atoms with Crippen LogP contribution in [-0.2, 0) is 60.4 Å². The van der Waals surface area contributed by atoms with E-state index in [1.165, 1.54) is 79.4 Å². The zero-order chi connectivity index (χ0) is 79.6. The number of nitrogens with zero attached hydrogens (tertiary/aromatic N) is 12. The van der Waals surface area contributed by atoms with E-state index in [0.717, 1.165) is 64.8 Å². The highest BCUT2D eigenvalue weighted by atomic mass is 79.9. The Morgan fingerprint density at radius 1 is 0.431 bits per heavy atom. The quantitative estimate of drug-likeness (QED) is 0.0343. The van der Waals surface area contributed by atoms with Crippen LogP contribution in [0.15, 0.2) is 179 Å². The molecule has 0 atom stereocenters. The molecule has 0 fully saturated rings. The standard InChI is InChI=1S/C24H22ClF3N4O3.C23H20ClF3N4O4.C17H18BrClN4O2.C7H6BF3O3/c1-3-4-12-31-22(33)19-21(30(2)23(31)34)29-20(32(19)14-15-8-10-17(25)11-9-15)16-6-5-7-18(13-16)35-24(26,27)28;1-29-20-18(21(33)30(22(29)34)10-3-11-32)31(13-14-6-8-16(24)9-7-14)19(28-20)15-4-2-5-17(12-15)35-23(25,26)27;1-3-4-9-22-15(24)13-14(21(2)17(22)25)20-16(18)23(13)10-11-5-7-12(19)8-6-11;9-7(10,11)14-6-3-1-2-5(4-6)8(12)13/h5-11,13H,3-4,12,14H2,1-2H3;2,4-9,12,32H,3,10-11,13H2,1H3;5-8H,3-4,9-10H2,1-2H3;1-4,12-13H. The molecule has 0 saturated carbocycles. The largest absolute Gasteiger partial charge is 0.573 e. The summed E-state index contributed by atoms with van der Waals surface area (Å²) >= 11 is 21.3. The van der Waals surface area contributed by atoms with Crippen LogP contribution in [0.3, 0.4) is 0 Å². The van der Waals surface area contributed by atoms with Gasteiger partial charge in [0.2, 0.25) is 0 Å². The number of hydrogen-bond acceptors (Lipinski definition) is 15. The van der Waals surface area contributed by atoms with E-state index in [1.807, 2.05) is 26.0 Å². The van der Waals surface area contributed by atoms with E-state index < -0.39 is 66.0 Å². The molecule has 109 heavy (non-hydrogen) atoms. The van der Waals surface area contributed by atoms with Gasteiger partial charge in [0, 0.05) is 86.7 Å². The number of aliphatic hydroxyl groups is 1. The molecule has 0 aliphatic carbocycles. The third-order valence-corrected chi connectivity index (χ3v) is 17.8. The van der Waals surface area contributed by atoms with Crippen molar-refractivity contribution < 1.29 is 68.9 Å². The van der Waals surface area contributed by atoms with Crippen LogP contribution in [0.5, 0.6) is 17.2 Å². The number of imidazole rings is 3. The summed E-state index contributed by atoms with van der Waals surface area (Å²) < 4.78 is 136. The molecule has 6 heterocycles. The van der Waals surface area contributed by atoms with Crippen molar-refractivity contribution in [1.82, 2.24) is 56.1 Å². The average Bonchev–Trinajstić information content (AvgIpc) is 1.60. The minimum absolute atomic E-state index is 0.00564. The number of halogens is 13. The van der Waals surface area contributed by atoms with Gasteiger partial charge in [-0.05, 0) is 130 Å². The van der Waals surface area contributed by atoms with Gasteiger partial charge < -0.3 is 43.1 Å². The molecule has 3 N–H and O–H groups in total. The Morgan fingerprint density at radius 3 is 1.07 bits per heavy atom. The summed E-state index contributed by atoms with van der Waals surface area (Å²) in [6, 6.07) is 36.2. The lowest BCUT2D eigenvalue weighted by Crippen LogP contribution is -2.39. The summed E-state index contributed by atoms with van der Waals surface area (Å²) in [7, 11) is 2.79. The van der Waals surface area contributed by atoms with Gasteiger partial charge in [0.05, 0.1) is 6.54 Å². The lowest BCUT2D eigenvalue weighted by molar-refractivity contribution is -0.275. The van der Waals surface area contributed by atoms with Crippen molar-refractivity contribution >= 4 is 96.8 Å². The van der Waals surface area contributed by atoms with E-state index in [0.29, 0.717) is 56.0 Å². The molecule has 38 heteroatoms. The van der Waals surface area contributed by atoms with Crippen LogP contribution in [-0.4, -0.2) is 104 Å². The van der Waals surface area contributed by atoms with Crippen LogP contribution in [0.25, 0.3) is 56.3 Å². The second-order valence-corrected chi connectivity index (χ2v) is 26.2. The summed E-state index contributed by atoms with van der Waals surface area (Å²) in [5.74, 6) is -0.954. The number of alkyl halides is 9. The lowest BCUT2D eigenvalue weighted by atomic mass is 9.80. The van der Waals surface area contributed by atoms with Gasteiger partial charge in [-0.1, -0.05) is 134 Å². The zero-order valence-corrected chi connectivity index (χ0v) is 62.1. The summed E-state index contributed by atoms with van der Waals surface area (Å²) in [4.78, 5) is 91.3. The molecule has 6 aromatic heterocycles. The van der Waals surface area contributed by atoms with Crippen LogP contribution in [0.2, 0.25) is 15.1 Å². The van der Waals surface area contributed by atoms with E-state index in [4.69, 9.17) is 44.9 Å². The molecule has 0 bridgehead atoms. The summed E-state index contributed by atoms with van der Waals surface area (Å²) in [5, 5.41) is 28.2. The average molecular weight is 1650 g/mol. The molecule has 6 aromatic carbocycles. The van der Waals surface area contributed by atoms with Crippen molar-refractivity contribution in [3.05, 3.63) is 245 Å². The molecule has 576 valence electrons. The first-order chi connectivity index (χ1) is 51.5. The van der Waals surface area contributed by atoms with Crippen molar-refractivity contribution in [2.24, 2.45) is 21.1 Å². The van der Waals surface area contributed by atoms with Crippen LogP contribution in [0.1, 0.15) is 62.6 Å². The fourth-order valence-corrected chi connectivity index (χ4v) is 12.1. The van der Waals surface area contributed by atoms with Gasteiger partial charge in [-0.25, -0.2) is 29.3 Å². The first kappa shape index (κ1) is 82.9. The maximum Gasteiger partial charge on any atom is 0.573 e. The first-order valence-corrected chi connectivity index (χ1v) is 35.0. The maximum atomic E-state index is 13.5. The molecule has 0 aliphatic rings. The Hall–Kier alpha value is -10.2. The smallest absolute Gasteiger partial charge is 0.423 e. The Bertz CT molecular complexity index is 5400. The number of rotatable bonds is 21. The second kappa shape index (κ2) is 35.5. The van der Waals surface area contributed by atoms with Crippen LogP contribution < -0.4 is 53.4 Å². The summed E-state index contributed by atoms with van der Waals surface area (Å²) in [6.07, 6.45) is -11.2. The van der Waals surface area contributed by atoms with Crippen LogP contribution in [0, 0.1) is 0 Å². The van der Waals surface area contributed by atoms with Crippen molar-refractivity contribution in [3.8, 4) is 40.0 Å². The van der Waals surface area contributed by atoms with Crippen molar-refractivity contribution in [2.75, 3.05) is 6.61 Å². The number of aromatic nitrogens is 12. The molecular formula is C71H66BBrCl3F9N12O12. The highest BCUT2D eigenvalue weighted by Gasteiger charge is 2.34. The summed E-state index contributed by atoms with van der Waals surface area (Å²) in [5.41, 5.74) is 1.38. The molecular weight excluding hydrogens is 1580 g/mol. The summed E-state index contributed by atoms with van der Waals surface area (Å²) in [6.45, 7) is 5.16. The predicted molar refractivity (Wildman–Crippen MR) is 396 cm³/mol. The van der Waals surface area contributed by atoms with Gasteiger partial charge in [-0.3, -0.25) is 41.8 Å². The predicted octanol–water partition coefficient (Wildman–Crippen LogP) is 11.9. The number of benzene rings is 6.